The fourth-order valence-electron chi connectivity index (χ4n) is 2.10. The lowest BCUT2D eigenvalue weighted by Gasteiger charge is -2.10. The van der Waals surface area contributed by atoms with Crippen LogP contribution in [-0.2, 0) is 0 Å². The Bertz CT molecular complexity index is 849. The molecule has 3 aromatic rings. The number of ether oxygens (including phenoxy) is 1. The smallest absolute Gasteiger partial charge is 0.257 e. The van der Waals surface area contributed by atoms with E-state index in [9.17, 15) is 4.79 Å². The van der Waals surface area contributed by atoms with E-state index in [4.69, 9.17) is 4.74 Å². The Kier molecular flexibility index (Phi) is 4.47. The van der Waals surface area contributed by atoms with Crippen LogP contribution in [-0.4, -0.2) is 20.9 Å². The summed E-state index contributed by atoms with van der Waals surface area (Å²) in [5, 5.41) is 2.87. The van der Waals surface area contributed by atoms with E-state index >= 15 is 0 Å². The van der Waals surface area contributed by atoms with Crippen molar-refractivity contribution in [1.29, 1.82) is 0 Å². The maximum absolute atomic E-state index is 12.3. The molecule has 24 heavy (non-hydrogen) atoms. The molecular weight excluding hydrogens is 304 g/mol. The highest BCUT2D eigenvalue weighted by atomic mass is 16.5. The lowest BCUT2D eigenvalue weighted by atomic mass is 10.1. The maximum Gasteiger partial charge on any atom is 0.257 e. The van der Waals surface area contributed by atoms with Gasteiger partial charge >= 0.3 is 0 Å². The number of anilines is 1. The van der Waals surface area contributed by atoms with Gasteiger partial charge in [0.05, 0.1) is 11.8 Å². The van der Waals surface area contributed by atoms with Gasteiger partial charge in [0.1, 0.15) is 5.75 Å². The first-order valence-corrected chi connectivity index (χ1v) is 7.40. The van der Waals surface area contributed by atoms with Crippen molar-refractivity contribution in [3.05, 3.63) is 71.9 Å². The van der Waals surface area contributed by atoms with Gasteiger partial charge in [0.2, 0.25) is 5.88 Å². The second-order valence-electron chi connectivity index (χ2n) is 5.26. The average molecular weight is 320 g/mol. The van der Waals surface area contributed by atoms with Gasteiger partial charge in [-0.1, -0.05) is 0 Å². The molecule has 0 bridgehead atoms. The zero-order valence-corrected chi connectivity index (χ0v) is 13.4. The third-order valence-corrected chi connectivity index (χ3v) is 3.38. The monoisotopic (exact) mass is 320 g/mol. The van der Waals surface area contributed by atoms with Crippen molar-refractivity contribution in [3.63, 3.8) is 0 Å². The molecule has 6 heteroatoms. The van der Waals surface area contributed by atoms with Crippen LogP contribution in [0.2, 0.25) is 0 Å². The molecule has 0 radical (unpaired) electrons. The third kappa shape index (κ3) is 3.73. The highest BCUT2D eigenvalue weighted by Crippen LogP contribution is 2.25. The highest BCUT2D eigenvalue weighted by Gasteiger charge is 2.09. The molecular formula is C18H16N4O2. The van der Waals surface area contributed by atoms with Crippen molar-refractivity contribution in [2.75, 3.05) is 5.32 Å². The van der Waals surface area contributed by atoms with E-state index in [-0.39, 0.29) is 5.91 Å². The molecule has 0 aliphatic heterocycles. The number of amides is 1. The second kappa shape index (κ2) is 6.87. The van der Waals surface area contributed by atoms with Crippen molar-refractivity contribution >= 4 is 11.6 Å². The first kappa shape index (κ1) is 15.6. The number of pyridine rings is 1. The van der Waals surface area contributed by atoms with Gasteiger partial charge in [0.15, 0.2) is 0 Å². The van der Waals surface area contributed by atoms with Gasteiger partial charge in [-0.25, -0.2) is 4.98 Å². The molecule has 0 aliphatic carbocycles. The molecule has 0 aliphatic rings. The molecule has 6 nitrogen and oxygen atoms in total. The third-order valence-electron chi connectivity index (χ3n) is 3.38. The zero-order valence-electron chi connectivity index (χ0n) is 13.4. The van der Waals surface area contributed by atoms with Crippen LogP contribution in [0.4, 0.5) is 5.69 Å². The standard InChI is InChI=1S/C18H16N4O2/c1-12-9-15(24-17-11-19-7-8-20-17)5-6-16(12)22-18(23)14-4-3-13(2)21-10-14/h3-11H,1-2H3,(H,22,23). The minimum atomic E-state index is -0.201. The Labute approximate surface area is 139 Å². The molecule has 0 unspecified atom stereocenters. The molecule has 0 atom stereocenters. The number of aromatic nitrogens is 3. The fourth-order valence-corrected chi connectivity index (χ4v) is 2.10. The molecule has 2 aromatic heterocycles. The fraction of sp³-hybridized carbons (Fsp3) is 0.111. The van der Waals surface area contributed by atoms with Crippen molar-refractivity contribution < 1.29 is 9.53 Å². The molecule has 2 heterocycles. The normalized spacial score (nSPS) is 10.2. The van der Waals surface area contributed by atoms with Gasteiger partial charge in [0, 0.05) is 30.0 Å². The Morgan fingerprint density at radius 3 is 2.58 bits per heavy atom. The summed E-state index contributed by atoms with van der Waals surface area (Å²) in [5.74, 6) is 0.843. The van der Waals surface area contributed by atoms with Gasteiger partial charge < -0.3 is 10.1 Å². The summed E-state index contributed by atoms with van der Waals surface area (Å²) in [6.45, 7) is 3.77. The molecule has 1 N–H and O–H groups in total. The van der Waals surface area contributed by atoms with Crippen LogP contribution in [0.5, 0.6) is 11.6 Å². The lowest BCUT2D eigenvalue weighted by molar-refractivity contribution is 0.102. The van der Waals surface area contributed by atoms with Crippen LogP contribution in [0.3, 0.4) is 0 Å². The van der Waals surface area contributed by atoms with Gasteiger partial charge in [0.25, 0.3) is 5.91 Å². The number of carbonyl (C=O) groups excluding carboxylic acids is 1. The number of benzene rings is 1. The SMILES string of the molecule is Cc1ccc(C(=O)Nc2ccc(Oc3cnccn3)cc2C)cn1. The van der Waals surface area contributed by atoms with E-state index in [2.05, 4.69) is 20.3 Å². The number of nitrogens with zero attached hydrogens (tertiary/aromatic N) is 3. The molecule has 120 valence electrons. The number of hydrogen-bond acceptors (Lipinski definition) is 5. The molecule has 0 fully saturated rings. The molecule has 0 saturated heterocycles. The number of rotatable bonds is 4. The summed E-state index contributed by atoms with van der Waals surface area (Å²) < 4.78 is 5.62. The Morgan fingerprint density at radius 2 is 1.92 bits per heavy atom. The van der Waals surface area contributed by atoms with Crippen molar-refractivity contribution in [3.8, 4) is 11.6 Å². The number of hydrogen-bond donors (Lipinski definition) is 1. The molecule has 0 saturated carbocycles. The summed E-state index contributed by atoms with van der Waals surface area (Å²) in [6.07, 6.45) is 6.24. The van der Waals surface area contributed by atoms with Crippen molar-refractivity contribution in [1.82, 2.24) is 15.0 Å². The first-order chi connectivity index (χ1) is 11.6. The molecule has 1 amide bonds. The number of aryl methyl sites for hydroxylation is 2. The quantitative estimate of drug-likeness (QED) is 0.795. The minimum absolute atomic E-state index is 0.201. The summed E-state index contributed by atoms with van der Waals surface area (Å²) in [7, 11) is 0. The van der Waals surface area contributed by atoms with Gasteiger partial charge in [-0.05, 0) is 49.7 Å². The van der Waals surface area contributed by atoms with E-state index in [1.807, 2.05) is 19.9 Å². The summed E-state index contributed by atoms with van der Waals surface area (Å²) >= 11 is 0. The average Bonchev–Trinajstić information content (AvgIpc) is 2.59. The van der Waals surface area contributed by atoms with Crippen LogP contribution in [0.25, 0.3) is 0 Å². The summed E-state index contributed by atoms with van der Waals surface area (Å²) in [5.41, 5.74) is 2.98. The first-order valence-electron chi connectivity index (χ1n) is 7.40. The summed E-state index contributed by atoms with van der Waals surface area (Å²) in [6, 6.07) is 8.95. The Balaban J connectivity index is 1.73. The van der Waals surface area contributed by atoms with Crippen LogP contribution in [0.15, 0.2) is 55.1 Å². The predicted molar refractivity (Wildman–Crippen MR) is 90.2 cm³/mol. The number of carbonyl (C=O) groups is 1. The van der Waals surface area contributed by atoms with Gasteiger partial charge in [-0.15, -0.1) is 0 Å². The largest absolute Gasteiger partial charge is 0.437 e. The molecule has 3 rings (SSSR count). The van der Waals surface area contributed by atoms with Crippen LogP contribution < -0.4 is 10.1 Å². The molecule has 0 spiro atoms. The van der Waals surface area contributed by atoms with Crippen LogP contribution >= 0.6 is 0 Å². The predicted octanol–water partition coefficient (Wildman–Crippen LogP) is 3.53. The lowest BCUT2D eigenvalue weighted by Crippen LogP contribution is -2.13. The second-order valence-corrected chi connectivity index (χ2v) is 5.26. The number of nitrogens with one attached hydrogen (secondary N) is 1. The van der Waals surface area contributed by atoms with E-state index < -0.39 is 0 Å². The minimum Gasteiger partial charge on any atom is -0.437 e. The topological polar surface area (TPSA) is 77.0 Å². The zero-order chi connectivity index (χ0) is 16.9. The van der Waals surface area contributed by atoms with Crippen LogP contribution in [0.1, 0.15) is 21.6 Å². The Morgan fingerprint density at radius 1 is 1.04 bits per heavy atom. The van der Waals surface area contributed by atoms with Crippen LogP contribution in [0, 0.1) is 13.8 Å². The van der Waals surface area contributed by atoms with E-state index in [0.717, 1.165) is 11.3 Å². The summed E-state index contributed by atoms with van der Waals surface area (Å²) in [4.78, 5) is 24.4. The highest BCUT2D eigenvalue weighted by molar-refractivity contribution is 6.04. The van der Waals surface area contributed by atoms with E-state index in [0.29, 0.717) is 22.9 Å². The van der Waals surface area contributed by atoms with Gasteiger partial charge in [-0.2, -0.15) is 0 Å². The van der Waals surface area contributed by atoms with Crippen molar-refractivity contribution in [2.24, 2.45) is 0 Å². The Hall–Kier alpha value is -3.28. The van der Waals surface area contributed by atoms with E-state index in [1.54, 1.807) is 42.9 Å². The van der Waals surface area contributed by atoms with Crippen molar-refractivity contribution in [2.45, 2.75) is 13.8 Å². The molecule has 1 aromatic carbocycles. The maximum atomic E-state index is 12.3. The van der Waals surface area contributed by atoms with Gasteiger partial charge in [-0.3, -0.25) is 14.8 Å². The van der Waals surface area contributed by atoms with E-state index in [1.165, 1.54) is 6.20 Å².